The van der Waals surface area contributed by atoms with Gasteiger partial charge < -0.3 is 10.6 Å². The Morgan fingerprint density at radius 3 is 2.94 bits per heavy atom. The SMILES string of the molecule is O=C(CSC1CCNCC1)Nc1cccc(F)c1. The zero-order valence-electron chi connectivity index (χ0n) is 10.1. The van der Waals surface area contributed by atoms with Crippen LogP contribution >= 0.6 is 11.8 Å². The molecule has 3 nitrogen and oxygen atoms in total. The molecule has 1 fully saturated rings. The maximum atomic E-state index is 12.9. The van der Waals surface area contributed by atoms with E-state index in [-0.39, 0.29) is 11.7 Å². The van der Waals surface area contributed by atoms with Crippen molar-refractivity contribution in [1.82, 2.24) is 5.32 Å². The zero-order valence-corrected chi connectivity index (χ0v) is 10.9. The molecule has 0 saturated carbocycles. The highest BCUT2D eigenvalue weighted by atomic mass is 32.2. The van der Waals surface area contributed by atoms with Crippen molar-refractivity contribution in [3.8, 4) is 0 Å². The van der Waals surface area contributed by atoms with Gasteiger partial charge in [-0.1, -0.05) is 6.07 Å². The minimum Gasteiger partial charge on any atom is -0.325 e. The van der Waals surface area contributed by atoms with Crippen LogP contribution in [0.2, 0.25) is 0 Å². The molecule has 0 aromatic heterocycles. The normalized spacial score (nSPS) is 16.5. The number of halogens is 1. The molecule has 5 heteroatoms. The number of carbonyl (C=O) groups is 1. The van der Waals surface area contributed by atoms with E-state index in [1.165, 1.54) is 12.1 Å². The van der Waals surface area contributed by atoms with Crippen molar-refractivity contribution >= 4 is 23.4 Å². The summed E-state index contributed by atoms with van der Waals surface area (Å²) in [6, 6.07) is 5.97. The third-order valence-corrected chi connectivity index (χ3v) is 4.22. The van der Waals surface area contributed by atoms with Gasteiger partial charge in [0.2, 0.25) is 5.91 Å². The second-order valence-corrected chi connectivity index (χ2v) is 5.61. The van der Waals surface area contributed by atoms with Crippen LogP contribution in [0.5, 0.6) is 0 Å². The van der Waals surface area contributed by atoms with Crippen LogP contribution in [-0.4, -0.2) is 30.0 Å². The molecule has 0 unspecified atom stereocenters. The number of hydrogen-bond acceptors (Lipinski definition) is 3. The van der Waals surface area contributed by atoms with Gasteiger partial charge in [0, 0.05) is 10.9 Å². The van der Waals surface area contributed by atoms with Crippen molar-refractivity contribution in [3.63, 3.8) is 0 Å². The molecule has 1 amide bonds. The molecule has 2 N–H and O–H groups in total. The molecule has 1 aliphatic heterocycles. The van der Waals surface area contributed by atoms with Crippen LogP contribution in [0.15, 0.2) is 24.3 Å². The summed E-state index contributed by atoms with van der Waals surface area (Å²) in [7, 11) is 0. The molecule has 1 aromatic rings. The maximum Gasteiger partial charge on any atom is 0.234 e. The minimum absolute atomic E-state index is 0.0656. The highest BCUT2D eigenvalue weighted by molar-refractivity contribution is 8.00. The van der Waals surface area contributed by atoms with E-state index in [1.54, 1.807) is 23.9 Å². The Morgan fingerprint density at radius 2 is 2.22 bits per heavy atom. The molecule has 0 bridgehead atoms. The zero-order chi connectivity index (χ0) is 12.8. The summed E-state index contributed by atoms with van der Waals surface area (Å²) in [6.45, 7) is 2.06. The Balaban J connectivity index is 1.74. The first-order valence-corrected chi connectivity index (χ1v) is 7.16. The fourth-order valence-electron chi connectivity index (χ4n) is 1.92. The predicted molar refractivity (Wildman–Crippen MR) is 73.4 cm³/mol. The van der Waals surface area contributed by atoms with Crippen LogP contribution in [0.1, 0.15) is 12.8 Å². The second-order valence-electron chi connectivity index (χ2n) is 4.32. The largest absolute Gasteiger partial charge is 0.325 e. The van der Waals surface area contributed by atoms with E-state index in [0.29, 0.717) is 16.7 Å². The van der Waals surface area contributed by atoms with Crippen LogP contribution in [0.3, 0.4) is 0 Å². The molecular formula is C13H17FN2OS. The molecule has 0 spiro atoms. The van der Waals surface area contributed by atoms with E-state index < -0.39 is 0 Å². The quantitative estimate of drug-likeness (QED) is 0.880. The van der Waals surface area contributed by atoms with E-state index in [9.17, 15) is 9.18 Å². The summed E-state index contributed by atoms with van der Waals surface area (Å²) in [6.07, 6.45) is 2.22. The first kappa shape index (κ1) is 13.4. The number of carbonyl (C=O) groups excluding carboxylic acids is 1. The molecular weight excluding hydrogens is 251 g/mol. The summed E-state index contributed by atoms with van der Waals surface area (Å²) in [5.74, 6) is 0.0317. The van der Waals surface area contributed by atoms with Gasteiger partial charge in [0.1, 0.15) is 5.82 Å². The standard InChI is InChI=1S/C13H17FN2OS/c14-10-2-1-3-11(8-10)16-13(17)9-18-12-4-6-15-7-5-12/h1-3,8,12,15H,4-7,9H2,(H,16,17). The topological polar surface area (TPSA) is 41.1 Å². The lowest BCUT2D eigenvalue weighted by Gasteiger charge is -2.21. The van der Waals surface area contributed by atoms with E-state index in [0.717, 1.165) is 25.9 Å². The molecule has 98 valence electrons. The minimum atomic E-state index is -0.334. The summed E-state index contributed by atoms with van der Waals surface area (Å²) < 4.78 is 12.9. The number of benzene rings is 1. The summed E-state index contributed by atoms with van der Waals surface area (Å²) in [5.41, 5.74) is 0.519. The average Bonchev–Trinajstić information content (AvgIpc) is 2.38. The smallest absolute Gasteiger partial charge is 0.234 e. The van der Waals surface area contributed by atoms with Crippen LogP contribution in [0.25, 0.3) is 0 Å². The van der Waals surface area contributed by atoms with Crippen molar-refractivity contribution in [2.75, 3.05) is 24.2 Å². The summed E-state index contributed by atoms with van der Waals surface area (Å²) >= 11 is 1.68. The van der Waals surface area contributed by atoms with Crippen molar-refractivity contribution in [1.29, 1.82) is 0 Å². The number of hydrogen-bond donors (Lipinski definition) is 2. The Labute approximate surface area is 111 Å². The van der Waals surface area contributed by atoms with Gasteiger partial charge in [-0.2, -0.15) is 0 Å². The second kappa shape index (κ2) is 6.75. The Morgan fingerprint density at radius 1 is 1.44 bits per heavy atom. The number of thioether (sulfide) groups is 1. The molecule has 0 radical (unpaired) electrons. The first-order chi connectivity index (χ1) is 8.74. The molecule has 18 heavy (non-hydrogen) atoms. The predicted octanol–water partition coefficient (Wildman–Crippen LogP) is 2.25. The van der Waals surface area contributed by atoms with Gasteiger partial charge in [0.05, 0.1) is 5.75 Å². The Hall–Kier alpha value is -1.07. The fourth-order valence-corrected chi connectivity index (χ4v) is 2.95. The highest BCUT2D eigenvalue weighted by Crippen LogP contribution is 2.20. The van der Waals surface area contributed by atoms with Gasteiger partial charge in [0.15, 0.2) is 0 Å². The van der Waals surface area contributed by atoms with E-state index in [2.05, 4.69) is 10.6 Å². The molecule has 2 rings (SSSR count). The van der Waals surface area contributed by atoms with E-state index in [1.807, 2.05) is 0 Å². The van der Waals surface area contributed by atoms with Crippen molar-refractivity contribution < 1.29 is 9.18 Å². The van der Waals surface area contributed by atoms with Crippen LogP contribution in [0.4, 0.5) is 10.1 Å². The Kier molecular flexibility index (Phi) is 5.01. The van der Waals surface area contributed by atoms with Crippen molar-refractivity contribution in [3.05, 3.63) is 30.1 Å². The molecule has 1 aliphatic rings. The lowest BCUT2D eigenvalue weighted by atomic mass is 10.2. The van der Waals surface area contributed by atoms with Gasteiger partial charge in [0.25, 0.3) is 0 Å². The number of amides is 1. The third-order valence-electron chi connectivity index (χ3n) is 2.84. The summed E-state index contributed by atoms with van der Waals surface area (Å²) in [4.78, 5) is 11.7. The van der Waals surface area contributed by atoms with Crippen LogP contribution in [-0.2, 0) is 4.79 Å². The number of rotatable bonds is 4. The third kappa shape index (κ3) is 4.31. The monoisotopic (exact) mass is 268 g/mol. The lowest BCUT2D eigenvalue weighted by molar-refractivity contribution is -0.113. The number of anilines is 1. The van der Waals surface area contributed by atoms with Gasteiger partial charge in [-0.3, -0.25) is 4.79 Å². The van der Waals surface area contributed by atoms with Crippen molar-refractivity contribution in [2.24, 2.45) is 0 Å². The number of piperidine rings is 1. The molecule has 0 aliphatic carbocycles. The average molecular weight is 268 g/mol. The fraction of sp³-hybridized carbons (Fsp3) is 0.462. The Bertz CT molecular complexity index is 408. The van der Waals surface area contributed by atoms with E-state index >= 15 is 0 Å². The van der Waals surface area contributed by atoms with Gasteiger partial charge >= 0.3 is 0 Å². The van der Waals surface area contributed by atoms with Gasteiger partial charge in [-0.15, -0.1) is 11.8 Å². The molecule has 1 heterocycles. The molecule has 1 saturated heterocycles. The van der Waals surface area contributed by atoms with Gasteiger partial charge in [-0.05, 0) is 44.1 Å². The highest BCUT2D eigenvalue weighted by Gasteiger charge is 2.14. The van der Waals surface area contributed by atoms with Crippen LogP contribution < -0.4 is 10.6 Å². The van der Waals surface area contributed by atoms with Crippen molar-refractivity contribution in [2.45, 2.75) is 18.1 Å². The maximum absolute atomic E-state index is 12.9. The van der Waals surface area contributed by atoms with E-state index in [4.69, 9.17) is 0 Å². The first-order valence-electron chi connectivity index (χ1n) is 6.12. The molecule has 0 atom stereocenters. The van der Waals surface area contributed by atoms with Gasteiger partial charge in [-0.25, -0.2) is 4.39 Å². The van der Waals surface area contributed by atoms with Crippen LogP contribution in [0, 0.1) is 5.82 Å². The summed E-state index contributed by atoms with van der Waals surface area (Å²) in [5, 5.41) is 6.56. The lowest BCUT2D eigenvalue weighted by Crippen LogP contribution is -2.30. The number of nitrogens with one attached hydrogen (secondary N) is 2. The molecule has 1 aromatic carbocycles.